The molecule has 1 fully saturated rings. The van der Waals surface area contributed by atoms with Gasteiger partial charge in [0.2, 0.25) is 11.8 Å². The summed E-state index contributed by atoms with van der Waals surface area (Å²) in [7, 11) is 0. The van der Waals surface area contributed by atoms with Crippen molar-refractivity contribution in [1.29, 1.82) is 0 Å². The van der Waals surface area contributed by atoms with E-state index in [9.17, 15) is 18.8 Å². The largest absolute Gasteiger partial charge is 0.333 e. The Hall–Kier alpha value is -3.22. The van der Waals surface area contributed by atoms with E-state index in [1.165, 1.54) is 6.07 Å². The first-order chi connectivity index (χ1) is 14.3. The van der Waals surface area contributed by atoms with Crippen molar-refractivity contribution in [2.75, 3.05) is 23.7 Å². The third-order valence-electron chi connectivity index (χ3n) is 5.21. The monoisotopic (exact) mass is 411 g/mol. The summed E-state index contributed by atoms with van der Waals surface area (Å²) in [6.45, 7) is 4.05. The van der Waals surface area contributed by atoms with E-state index in [1.807, 2.05) is 6.92 Å². The number of amides is 3. The van der Waals surface area contributed by atoms with E-state index in [1.54, 1.807) is 42.2 Å². The molecule has 1 aliphatic rings. The number of likely N-dealkylation sites (tertiary alicyclic amines) is 1. The van der Waals surface area contributed by atoms with Crippen molar-refractivity contribution in [3.05, 3.63) is 58.9 Å². The lowest BCUT2D eigenvalue weighted by Crippen LogP contribution is -2.37. The van der Waals surface area contributed by atoms with Crippen LogP contribution in [0.5, 0.6) is 0 Å². The highest BCUT2D eigenvalue weighted by molar-refractivity contribution is 6.05. The number of carbonyl (C=O) groups excluding carboxylic acids is 3. The number of nitrogens with zero attached hydrogens (tertiary/aromatic N) is 1. The molecule has 0 atom stereocenters. The van der Waals surface area contributed by atoms with Crippen molar-refractivity contribution in [3.63, 3.8) is 0 Å². The van der Waals surface area contributed by atoms with Crippen molar-refractivity contribution < 1.29 is 18.8 Å². The average molecular weight is 411 g/mol. The number of anilines is 2. The van der Waals surface area contributed by atoms with E-state index in [0.717, 1.165) is 24.8 Å². The topological polar surface area (TPSA) is 78.5 Å². The molecule has 30 heavy (non-hydrogen) atoms. The third-order valence-corrected chi connectivity index (χ3v) is 5.21. The fourth-order valence-electron chi connectivity index (χ4n) is 3.34. The van der Waals surface area contributed by atoms with Crippen LogP contribution in [0.2, 0.25) is 0 Å². The minimum Gasteiger partial charge on any atom is -0.333 e. The Balaban J connectivity index is 1.68. The highest BCUT2D eigenvalue weighted by Crippen LogP contribution is 2.20. The normalized spacial score (nSPS) is 14.2. The summed E-state index contributed by atoms with van der Waals surface area (Å²) in [5, 5.41) is 5.46. The summed E-state index contributed by atoms with van der Waals surface area (Å²) < 4.78 is 13.7. The molecular weight excluding hydrogens is 385 g/mol. The molecule has 0 aromatic heterocycles. The first-order valence-corrected chi connectivity index (χ1v) is 10.1. The number of rotatable bonds is 5. The molecule has 0 aliphatic carbocycles. The summed E-state index contributed by atoms with van der Waals surface area (Å²) in [5.74, 6) is -1.10. The summed E-state index contributed by atoms with van der Waals surface area (Å²) in [4.78, 5) is 38.7. The number of aryl methyl sites for hydroxylation is 2. The molecule has 0 unspecified atom stereocenters. The first-order valence-electron chi connectivity index (χ1n) is 10.1. The second-order valence-corrected chi connectivity index (χ2v) is 7.62. The quantitative estimate of drug-likeness (QED) is 0.780. The Morgan fingerprint density at radius 2 is 1.77 bits per heavy atom. The second kappa shape index (κ2) is 9.52. The Bertz CT molecular complexity index is 974. The molecule has 2 aromatic rings. The minimum atomic E-state index is -0.406. The maximum Gasteiger partial charge on any atom is 0.255 e. The van der Waals surface area contributed by atoms with E-state index in [0.29, 0.717) is 35.5 Å². The zero-order valence-electron chi connectivity index (χ0n) is 17.3. The number of hydrogen-bond acceptors (Lipinski definition) is 3. The van der Waals surface area contributed by atoms with Crippen LogP contribution < -0.4 is 10.6 Å². The van der Waals surface area contributed by atoms with Gasteiger partial charge in [0.05, 0.1) is 6.54 Å². The van der Waals surface area contributed by atoms with E-state index in [-0.39, 0.29) is 18.4 Å². The van der Waals surface area contributed by atoms with Gasteiger partial charge in [-0.05, 0) is 62.1 Å². The molecule has 0 bridgehead atoms. The highest BCUT2D eigenvalue weighted by Gasteiger charge is 2.20. The van der Waals surface area contributed by atoms with Gasteiger partial charge in [-0.25, -0.2) is 4.39 Å². The summed E-state index contributed by atoms with van der Waals surface area (Å²) in [5.41, 5.74) is 2.49. The first kappa shape index (κ1) is 21.5. The molecule has 2 aromatic carbocycles. The van der Waals surface area contributed by atoms with Crippen LogP contribution in [0.25, 0.3) is 0 Å². The smallest absolute Gasteiger partial charge is 0.255 e. The van der Waals surface area contributed by atoms with Crippen molar-refractivity contribution in [1.82, 2.24) is 4.90 Å². The molecule has 0 radical (unpaired) electrons. The predicted octanol–water partition coefficient (Wildman–Crippen LogP) is 4.04. The molecule has 3 rings (SSSR count). The Morgan fingerprint density at radius 1 is 1.00 bits per heavy atom. The van der Waals surface area contributed by atoms with Crippen LogP contribution in [0.1, 0.15) is 47.2 Å². The van der Waals surface area contributed by atoms with Gasteiger partial charge in [-0.2, -0.15) is 0 Å². The molecule has 1 heterocycles. The van der Waals surface area contributed by atoms with Crippen LogP contribution in [-0.4, -0.2) is 35.7 Å². The predicted molar refractivity (Wildman–Crippen MR) is 114 cm³/mol. The van der Waals surface area contributed by atoms with E-state index in [2.05, 4.69) is 10.6 Å². The number of benzene rings is 2. The van der Waals surface area contributed by atoms with Gasteiger partial charge in [0, 0.05) is 29.9 Å². The maximum absolute atomic E-state index is 13.7. The van der Waals surface area contributed by atoms with Gasteiger partial charge in [0.25, 0.3) is 5.91 Å². The molecule has 0 spiro atoms. The number of halogens is 1. The number of carbonyl (C=O) groups is 3. The second-order valence-electron chi connectivity index (χ2n) is 7.62. The van der Waals surface area contributed by atoms with Crippen molar-refractivity contribution in [3.8, 4) is 0 Å². The Labute approximate surface area is 175 Å². The molecular formula is C23H26FN3O3. The molecule has 1 saturated heterocycles. The van der Waals surface area contributed by atoms with Gasteiger partial charge >= 0.3 is 0 Å². The van der Waals surface area contributed by atoms with Gasteiger partial charge in [0.1, 0.15) is 5.82 Å². The molecule has 2 N–H and O–H groups in total. The standard InChI is InChI=1S/C23H26FN3O3/c1-15-8-10-18(13-19(15)24)25-23(30)17-9-7-16(2)20(12-17)26-21(28)14-27-11-5-3-4-6-22(27)29/h7-10,12-13H,3-6,11,14H2,1-2H3,(H,25,30)(H,26,28). The van der Waals surface area contributed by atoms with E-state index < -0.39 is 11.7 Å². The lowest BCUT2D eigenvalue weighted by atomic mass is 10.1. The fourth-order valence-corrected chi connectivity index (χ4v) is 3.34. The molecule has 3 amide bonds. The zero-order chi connectivity index (χ0) is 21.7. The van der Waals surface area contributed by atoms with Crippen LogP contribution in [0.4, 0.5) is 15.8 Å². The SMILES string of the molecule is Cc1ccc(NC(=O)c2ccc(C)c(NC(=O)CN3CCCCCC3=O)c2)cc1F. The van der Waals surface area contributed by atoms with Crippen LogP contribution >= 0.6 is 0 Å². The van der Waals surface area contributed by atoms with Crippen molar-refractivity contribution >= 4 is 29.1 Å². The Kier molecular flexibility index (Phi) is 6.82. The van der Waals surface area contributed by atoms with Gasteiger partial charge < -0.3 is 15.5 Å². The number of hydrogen-bond donors (Lipinski definition) is 2. The number of nitrogens with one attached hydrogen (secondary N) is 2. The van der Waals surface area contributed by atoms with Gasteiger partial charge in [0.15, 0.2) is 0 Å². The maximum atomic E-state index is 13.7. The molecule has 7 heteroatoms. The summed E-state index contributed by atoms with van der Waals surface area (Å²) >= 11 is 0. The molecule has 6 nitrogen and oxygen atoms in total. The molecule has 158 valence electrons. The fraction of sp³-hybridized carbons (Fsp3) is 0.348. The van der Waals surface area contributed by atoms with Crippen LogP contribution in [0, 0.1) is 19.7 Å². The average Bonchev–Trinajstić information content (AvgIpc) is 2.90. The van der Waals surface area contributed by atoms with Crippen LogP contribution in [0.15, 0.2) is 36.4 Å². The van der Waals surface area contributed by atoms with Gasteiger partial charge in [-0.1, -0.05) is 18.6 Å². The zero-order valence-corrected chi connectivity index (χ0v) is 17.3. The van der Waals surface area contributed by atoms with Crippen molar-refractivity contribution in [2.45, 2.75) is 39.5 Å². The summed E-state index contributed by atoms with van der Waals surface area (Å²) in [6, 6.07) is 9.45. The van der Waals surface area contributed by atoms with Gasteiger partial charge in [-0.3, -0.25) is 14.4 Å². The van der Waals surface area contributed by atoms with E-state index >= 15 is 0 Å². The Morgan fingerprint density at radius 3 is 2.53 bits per heavy atom. The van der Waals surface area contributed by atoms with E-state index in [4.69, 9.17) is 0 Å². The van der Waals surface area contributed by atoms with Crippen LogP contribution in [-0.2, 0) is 9.59 Å². The third kappa shape index (κ3) is 5.43. The summed E-state index contributed by atoms with van der Waals surface area (Å²) in [6.07, 6.45) is 3.22. The molecule has 0 saturated carbocycles. The van der Waals surface area contributed by atoms with Gasteiger partial charge in [-0.15, -0.1) is 0 Å². The van der Waals surface area contributed by atoms with Crippen molar-refractivity contribution in [2.24, 2.45) is 0 Å². The minimum absolute atomic E-state index is 0.00201. The lowest BCUT2D eigenvalue weighted by Gasteiger charge is -2.20. The molecule has 1 aliphatic heterocycles. The highest BCUT2D eigenvalue weighted by atomic mass is 19.1. The lowest BCUT2D eigenvalue weighted by molar-refractivity contribution is -0.134. The van der Waals surface area contributed by atoms with Crippen LogP contribution in [0.3, 0.4) is 0 Å².